The lowest BCUT2D eigenvalue weighted by molar-refractivity contribution is 0.0989. The Balaban J connectivity index is 1.73. The van der Waals surface area contributed by atoms with Crippen molar-refractivity contribution in [3.05, 3.63) is 77.9 Å². The fourth-order valence-corrected chi connectivity index (χ4v) is 4.84. The van der Waals surface area contributed by atoms with Gasteiger partial charge in [0.05, 0.1) is 23.3 Å². The fraction of sp³-hybridized carbons (Fsp3) is 0.150. The molecule has 3 aromatic rings. The predicted octanol–water partition coefficient (Wildman–Crippen LogP) is 1.79. The average Bonchev–Trinajstić information content (AvgIpc) is 2.73. The molecular weight excluding hydrogens is 376 g/mol. The van der Waals surface area contributed by atoms with Crippen LogP contribution in [-0.2, 0) is 23.0 Å². The molecule has 4 rings (SSSR count). The van der Waals surface area contributed by atoms with Crippen LogP contribution in [-0.4, -0.2) is 35.1 Å². The van der Waals surface area contributed by atoms with Crippen molar-refractivity contribution in [2.45, 2.75) is 17.9 Å². The number of carbonyl (C=O) groups is 1. The molecule has 1 amide bonds. The zero-order valence-corrected chi connectivity index (χ0v) is 15.7. The van der Waals surface area contributed by atoms with E-state index in [1.54, 1.807) is 18.2 Å². The lowest BCUT2D eigenvalue weighted by atomic mass is 10.1. The molecule has 0 fully saturated rings. The lowest BCUT2D eigenvalue weighted by Crippen LogP contribution is -2.37. The summed E-state index contributed by atoms with van der Waals surface area (Å²) in [5.41, 5.74) is 7.85. The van der Waals surface area contributed by atoms with Gasteiger partial charge in [-0.2, -0.15) is 4.31 Å². The van der Waals surface area contributed by atoms with Crippen molar-refractivity contribution < 1.29 is 13.2 Å². The number of hydrogen-bond acceptors (Lipinski definition) is 5. The third-order valence-electron chi connectivity index (χ3n) is 4.63. The molecule has 2 N–H and O–H groups in total. The predicted molar refractivity (Wildman–Crippen MR) is 103 cm³/mol. The number of fused-ring (bicyclic) bond motifs is 1. The van der Waals surface area contributed by atoms with E-state index in [2.05, 4.69) is 16.2 Å². The van der Waals surface area contributed by atoms with Crippen molar-refractivity contribution in [2.75, 3.05) is 6.54 Å². The van der Waals surface area contributed by atoms with Gasteiger partial charge in [-0.1, -0.05) is 48.5 Å². The normalized spacial score (nSPS) is 14.4. The highest BCUT2D eigenvalue weighted by Crippen LogP contribution is 2.31. The molecule has 0 saturated carbocycles. The monoisotopic (exact) mass is 393 g/mol. The van der Waals surface area contributed by atoms with Crippen LogP contribution in [0.15, 0.2) is 59.5 Å². The zero-order chi connectivity index (χ0) is 19.7. The van der Waals surface area contributed by atoms with Gasteiger partial charge >= 0.3 is 0 Å². The minimum Gasteiger partial charge on any atom is -0.363 e. The number of sulfonamides is 1. The molecule has 2 heterocycles. The number of aromatic nitrogens is 2. The van der Waals surface area contributed by atoms with Crippen molar-refractivity contribution in [3.8, 4) is 11.1 Å². The Bertz CT molecular complexity index is 1150. The molecule has 0 unspecified atom stereocenters. The van der Waals surface area contributed by atoms with Crippen LogP contribution >= 0.6 is 0 Å². The van der Waals surface area contributed by atoms with Crippen LogP contribution in [0.1, 0.15) is 21.9 Å². The molecule has 0 aliphatic carbocycles. The Morgan fingerprint density at radius 3 is 2.54 bits per heavy atom. The number of amides is 1. The number of nitrogens with zero attached hydrogens (tertiary/aromatic N) is 3. The second-order valence-electron chi connectivity index (χ2n) is 6.40. The molecule has 141 valence electrons. The quantitative estimate of drug-likeness (QED) is 0.727. The van der Waals surface area contributed by atoms with Gasteiger partial charge in [-0.05, 0) is 18.1 Å². The van der Waals surface area contributed by atoms with Gasteiger partial charge in [0, 0.05) is 17.7 Å². The first-order valence-electron chi connectivity index (χ1n) is 8.68. The smallest absolute Gasteiger partial charge is 0.286 e. The summed E-state index contributed by atoms with van der Waals surface area (Å²) in [5.74, 6) is -0.934. The summed E-state index contributed by atoms with van der Waals surface area (Å²) < 4.78 is 28.1. The van der Waals surface area contributed by atoms with E-state index in [4.69, 9.17) is 5.73 Å². The molecule has 2 aromatic carbocycles. The minimum absolute atomic E-state index is 0.0418. The fourth-order valence-electron chi connectivity index (χ4n) is 3.22. The number of benzene rings is 2. The van der Waals surface area contributed by atoms with Gasteiger partial charge in [0.15, 0.2) is 0 Å². The van der Waals surface area contributed by atoms with Crippen LogP contribution in [0.25, 0.3) is 11.1 Å². The van der Waals surface area contributed by atoms with Crippen molar-refractivity contribution in [2.24, 2.45) is 5.73 Å². The van der Waals surface area contributed by atoms with Crippen molar-refractivity contribution >= 4 is 15.9 Å². The summed E-state index contributed by atoms with van der Waals surface area (Å²) in [6.45, 7) is 0.328. The number of hydrogen-bond donors (Lipinski definition) is 1. The van der Waals surface area contributed by atoms with E-state index >= 15 is 0 Å². The highest BCUT2D eigenvalue weighted by molar-refractivity contribution is 7.89. The van der Waals surface area contributed by atoms with Crippen molar-refractivity contribution in [1.29, 1.82) is 0 Å². The summed E-state index contributed by atoms with van der Waals surface area (Å²) in [5, 5.41) is 0. The van der Waals surface area contributed by atoms with Gasteiger partial charge in [-0.25, -0.2) is 18.4 Å². The largest absolute Gasteiger partial charge is 0.363 e. The molecule has 0 bridgehead atoms. The lowest BCUT2D eigenvalue weighted by Gasteiger charge is -2.28. The highest BCUT2D eigenvalue weighted by Gasteiger charge is 2.31. The maximum atomic E-state index is 13.4. The SMILES string of the molecule is NC(=O)c1n[c]c2c(n1)CN(S(=O)(=O)c1ccccc1-c1ccccc1)CC2. The van der Waals surface area contributed by atoms with Gasteiger partial charge in [-0.3, -0.25) is 4.79 Å². The molecule has 0 spiro atoms. The van der Waals surface area contributed by atoms with Crippen molar-refractivity contribution in [3.63, 3.8) is 0 Å². The zero-order valence-electron chi connectivity index (χ0n) is 14.9. The Labute approximate surface area is 162 Å². The molecule has 1 aliphatic heterocycles. The molecule has 1 aromatic heterocycles. The maximum Gasteiger partial charge on any atom is 0.286 e. The molecule has 7 nitrogen and oxygen atoms in total. The number of carbonyl (C=O) groups excluding carboxylic acids is 1. The first-order valence-corrected chi connectivity index (χ1v) is 10.1. The van der Waals surface area contributed by atoms with E-state index in [1.165, 1.54) is 4.31 Å². The van der Waals surface area contributed by atoms with Crippen LogP contribution in [0.4, 0.5) is 0 Å². The molecule has 1 radical (unpaired) electrons. The van der Waals surface area contributed by atoms with E-state index in [0.717, 1.165) is 5.56 Å². The van der Waals surface area contributed by atoms with Crippen LogP contribution in [0.2, 0.25) is 0 Å². The van der Waals surface area contributed by atoms with Gasteiger partial charge in [0.2, 0.25) is 15.8 Å². The third kappa shape index (κ3) is 3.28. The molecular formula is C20H17N4O3S. The first-order chi connectivity index (χ1) is 13.5. The molecule has 0 saturated heterocycles. The summed E-state index contributed by atoms with van der Waals surface area (Å²) in [6.07, 6.45) is 3.17. The average molecular weight is 393 g/mol. The van der Waals surface area contributed by atoms with Gasteiger partial charge in [-0.15, -0.1) is 0 Å². The second-order valence-corrected chi connectivity index (χ2v) is 8.31. The molecule has 8 heteroatoms. The van der Waals surface area contributed by atoms with E-state index in [9.17, 15) is 13.2 Å². The summed E-state index contributed by atoms with van der Waals surface area (Å²) in [4.78, 5) is 19.5. The Hall–Kier alpha value is -3.10. The van der Waals surface area contributed by atoms with E-state index in [1.807, 2.05) is 36.4 Å². The van der Waals surface area contributed by atoms with E-state index in [-0.39, 0.29) is 23.8 Å². The summed E-state index contributed by atoms with van der Waals surface area (Å²) in [6, 6.07) is 16.3. The van der Waals surface area contributed by atoms with Crippen LogP contribution in [0, 0.1) is 6.20 Å². The van der Waals surface area contributed by atoms with Crippen LogP contribution in [0.3, 0.4) is 0 Å². The number of primary amides is 1. The van der Waals surface area contributed by atoms with Crippen LogP contribution in [0.5, 0.6) is 0 Å². The maximum absolute atomic E-state index is 13.4. The van der Waals surface area contributed by atoms with Gasteiger partial charge in [0.1, 0.15) is 0 Å². The standard InChI is InChI=1S/C20H17N4O3S/c21-19(25)20-22-12-15-10-11-24(13-17(15)23-20)28(26,27)18-9-5-4-8-16(18)14-6-2-1-3-7-14/h1-9H,10-11,13H2,(H2,21,25). The Kier molecular flexibility index (Phi) is 4.66. The topological polar surface area (TPSA) is 106 Å². The second kappa shape index (κ2) is 7.14. The van der Waals surface area contributed by atoms with Gasteiger partial charge in [0.25, 0.3) is 5.91 Å². The Morgan fingerprint density at radius 1 is 1.07 bits per heavy atom. The minimum atomic E-state index is -3.77. The van der Waals surface area contributed by atoms with Gasteiger partial charge < -0.3 is 5.73 Å². The molecule has 1 aliphatic rings. The van der Waals surface area contributed by atoms with E-state index < -0.39 is 15.9 Å². The number of rotatable bonds is 4. The van der Waals surface area contributed by atoms with Crippen molar-refractivity contribution in [1.82, 2.24) is 14.3 Å². The number of nitrogens with two attached hydrogens (primary N) is 1. The van der Waals surface area contributed by atoms with E-state index in [0.29, 0.717) is 23.2 Å². The Morgan fingerprint density at radius 2 is 1.79 bits per heavy atom. The molecule has 0 atom stereocenters. The third-order valence-corrected chi connectivity index (χ3v) is 6.54. The van der Waals surface area contributed by atoms with Crippen LogP contribution < -0.4 is 5.73 Å². The molecule has 28 heavy (non-hydrogen) atoms. The summed E-state index contributed by atoms with van der Waals surface area (Å²) >= 11 is 0. The summed E-state index contributed by atoms with van der Waals surface area (Å²) in [7, 11) is -3.77. The first kappa shape index (κ1) is 18.3. The highest BCUT2D eigenvalue weighted by atomic mass is 32.2.